The molecule has 2 rings (SSSR count). The fourth-order valence-corrected chi connectivity index (χ4v) is 5.43. The molecule has 0 radical (unpaired) electrons. The van der Waals surface area contributed by atoms with Gasteiger partial charge in [0.15, 0.2) is 0 Å². The first-order valence-electron chi connectivity index (χ1n) is 7.18. The van der Waals surface area contributed by atoms with Gasteiger partial charge in [-0.3, -0.25) is 0 Å². The molecule has 0 aromatic carbocycles. The molecule has 0 spiro atoms. The molecule has 1 fully saturated rings. The molecule has 0 amide bonds. The zero-order valence-corrected chi connectivity index (χ0v) is 14.0. The molecule has 1 aromatic rings. The standard InChI is InChI=1S/C14H24N2O2S2/c1-10-5-4-6-14(11(10)2)16-20(17,18)13-7-12(8-15-3)19-9-13/h7,9-11,14-16H,4-6,8H2,1-3H3. The quantitative estimate of drug-likeness (QED) is 0.878. The van der Waals surface area contributed by atoms with Gasteiger partial charge in [0.05, 0.1) is 4.90 Å². The second-order valence-electron chi connectivity index (χ2n) is 5.77. The van der Waals surface area contributed by atoms with Crippen molar-refractivity contribution in [1.82, 2.24) is 10.0 Å². The highest BCUT2D eigenvalue weighted by atomic mass is 32.2. The van der Waals surface area contributed by atoms with Crippen LogP contribution in [0.25, 0.3) is 0 Å². The topological polar surface area (TPSA) is 58.2 Å². The van der Waals surface area contributed by atoms with Crippen LogP contribution in [0.2, 0.25) is 0 Å². The van der Waals surface area contributed by atoms with Gasteiger partial charge in [-0.15, -0.1) is 11.3 Å². The van der Waals surface area contributed by atoms with Crippen LogP contribution >= 0.6 is 11.3 Å². The molecule has 6 heteroatoms. The van der Waals surface area contributed by atoms with E-state index in [2.05, 4.69) is 23.9 Å². The smallest absolute Gasteiger partial charge is 0.241 e. The summed E-state index contributed by atoms with van der Waals surface area (Å²) in [6, 6.07) is 1.83. The molecule has 3 unspecified atom stereocenters. The maximum atomic E-state index is 12.4. The Hall–Kier alpha value is -0.430. The summed E-state index contributed by atoms with van der Waals surface area (Å²) in [5, 5.41) is 4.77. The SMILES string of the molecule is CNCc1cc(S(=O)(=O)NC2CCCC(C)C2C)cs1. The van der Waals surface area contributed by atoms with E-state index in [4.69, 9.17) is 0 Å². The normalized spacial score (nSPS) is 27.6. The molecular formula is C14H24N2O2S2. The molecule has 1 saturated carbocycles. The van der Waals surface area contributed by atoms with Gasteiger partial charge in [-0.05, 0) is 31.4 Å². The van der Waals surface area contributed by atoms with Gasteiger partial charge in [-0.1, -0.05) is 26.7 Å². The minimum atomic E-state index is -3.38. The number of nitrogens with one attached hydrogen (secondary N) is 2. The van der Waals surface area contributed by atoms with Gasteiger partial charge in [0.25, 0.3) is 0 Å². The van der Waals surface area contributed by atoms with E-state index < -0.39 is 10.0 Å². The van der Waals surface area contributed by atoms with Crippen LogP contribution in [-0.4, -0.2) is 21.5 Å². The van der Waals surface area contributed by atoms with Crippen molar-refractivity contribution in [3.05, 3.63) is 16.3 Å². The number of sulfonamides is 1. The Balaban J connectivity index is 2.09. The van der Waals surface area contributed by atoms with Gasteiger partial charge in [0, 0.05) is 22.8 Å². The first kappa shape index (κ1) is 15.9. The molecule has 20 heavy (non-hydrogen) atoms. The fourth-order valence-electron chi connectivity index (χ4n) is 2.78. The van der Waals surface area contributed by atoms with Gasteiger partial charge in [0.1, 0.15) is 0 Å². The predicted octanol–water partition coefficient (Wildman–Crippen LogP) is 2.57. The monoisotopic (exact) mass is 316 g/mol. The lowest BCUT2D eigenvalue weighted by Gasteiger charge is -2.34. The molecule has 0 bridgehead atoms. The summed E-state index contributed by atoms with van der Waals surface area (Å²) in [5.41, 5.74) is 0. The number of rotatable bonds is 5. The third-order valence-electron chi connectivity index (χ3n) is 4.30. The van der Waals surface area contributed by atoms with Crippen molar-refractivity contribution in [2.45, 2.75) is 50.6 Å². The summed E-state index contributed by atoms with van der Waals surface area (Å²) in [4.78, 5) is 1.44. The van der Waals surface area contributed by atoms with Crippen molar-refractivity contribution in [3.8, 4) is 0 Å². The van der Waals surface area contributed by atoms with Crippen molar-refractivity contribution < 1.29 is 8.42 Å². The van der Waals surface area contributed by atoms with Crippen molar-refractivity contribution in [1.29, 1.82) is 0 Å². The van der Waals surface area contributed by atoms with Gasteiger partial charge >= 0.3 is 0 Å². The molecule has 1 aliphatic carbocycles. The number of hydrogen-bond donors (Lipinski definition) is 2. The molecule has 1 aliphatic rings. The molecule has 1 aromatic heterocycles. The highest BCUT2D eigenvalue weighted by Crippen LogP contribution is 2.30. The molecule has 4 nitrogen and oxygen atoms in total. The summed E-state index contributed by atoms with van der Waals surface area (Å²) in [7, 11) is -1.52. The Morgan fingerprint density at radius 3 is 2.80 bits per heavy atom. The Bertz CT molecular complexity index is 539. The fraction of sp³-hybridized carbons (Fsp3) is 0.714. The van der Waals surface area contributed by atoms with E-state index in [0.29, 0.717) is 23.3 Å². The Kier molecular flexibility index (Phi) is 5.23. The van der Waals surface area contributed by atoms with Crippen LogP contribution in [0.3, 0.4) is 0 Å². The highest BCUT2D eigenvalue weighted by Gasteiger charge is 2.31. The van der Waals surface area contributed by atoms with Crippen LogP contribution in [0.5, 0.6) is 0 Å². The lowest BCUT2D eigenvalue weighted by atomic mass is 9.78. The van der Waals surface area contributed by atoms with Gasteiger partial charge in [0.2, 0.25) is 10.0 Å². The van der Waals surface area contributed by atoms with Crippen LogP contribution < -0.4 is 10.0 Å². The Morgan fingerprint density at radius 1 is 1.35 bits per heavy atom. The second kappa shape index (κ2) is 6.56. The van der Waals surface area contributed by atoms with Crippen molar-refractivity contribution >= 4 is 21.4 Å². The van der Waals surface area contributed by atoms with Gasteiger partial charge < -0.3 is 5.32 Å². The summed E-state index contributed by atoms with van der Waals surface area (Å²) in [6.07, 6.45) is 3.25. The predicted molar refractivity (Wildman–Crippen MR) is 83.4 cm³/mol. The van der Waals surface area contributed by atoms with Crippen molar-refractivity contribution in [3.63, 3.8) is 0 Å². The Labute approximate surface area is 126 Å². The van der Waals surface area contributed by atoms with E-state index >= 15 is 0 Å². The van der Waals surface area contributed by atoms with Crippen LogP contribution in [0, 0.1) is 11.8 Å². The zero-order chi connectivity index (χ0) is 14.8. The second-order valence-corrected chi connectivity index (χ2v) is 8.48. The molecule has 1 heterocycles. The van der Waals surface area contributed by atoms with E-state index in [1.54, 1.807) is 11.4 Å². The van der Waals surface area contributed by atoms with Crippen molar-refractivity contribution in [2.75, 3.05) is 7.05 Å². The van der Waals surface area contributed by atoms with Gasteiger partial charge in [-0.2, -0.15) is 0 Å². The minimum absolute atomic E-state index is 0.0661. The maximum absolute atomic E-state index is 12.4. The molecule has 114 valence electrons. The average molecular weight is 316 g/mol. The summed E-state index contributed by atoms with van der Waals surface area (Å²) >= 11 is 1.48. The van der Waals surface area contributed by atoms with Crippen LogP contribution in [0.4, 0.5) is 0 Å². The van der Waals surface area contributed by atoms with Crippen LogP contribution in [0.1, 0.15) is 38.0 Å². The molecule has 0 saturated heterocycles. The highest BCUT2D eigenvalue weighted by molar-refractivity contribution is 7.89. The lowest BCUT2D eigenvalue weighted by molar-refractivity contribution is 0.227. The Morgan fingerprint density at radius 2 is 2.10 bits per heavy atom. The van der Waals surface area contributed by atoms with E-state index in [-0.39, 0.29) is 6.04 Å². The minimum Gasteiger partial charge on any atom is -0.315 e. The lowest BCUT2D eigenvalue weighted by Crippen LogP contribution is -2.43. The van der Waals surface area contributed by atoms with E-state index in [9.17, 15) is 8.42 Å². The maximum Gasteiger partial charge on any atom is 0.241 e. The summed E-state index contributed by atoms with van der Waals surface area (Å²) in [5.74, 6) is 0.979. The average Bonchev–Trinajstić information content (AvgIpc) is 2.85. The van der Waals surface area contributed by atoms with E-state index in [1.807, 2.05) is 7.05 Å². The van der Waals surface area contributed by atoms with Crippen molar-refractivity contribution in [2.24, 2.45) is 11.8 Å². The first-order valence-corrected chi connectivity index (χ1v) is 9.54. The third-order valence-corrected chi connectivity index (χ3v) is 6.86. The van der Waals surface area contributed by atoms with Crippen LogP contribution in [0.15, 0.2) is 16.3 Å². The molecule has 0 aliphatic heterocycles. The summed E-state index contributed by atoms with van der Waals surface area (Å²) in [6.45, 7) is 5.06. The zero-order valence-electron chi connectivity index (χ0n) is 12.3. The number of thiophene rings is 1. The van der Waals surface area contributed by atoms with Gasteiger partial charge in [-0.25, -0.2) is 13.1 Å². The summed E-state index contributed by atoms with van der Waals surface area (Å²) < 4.78 is 27.8. The molecule has 2 N–H and O–H groups in total. The first-order chi connectivity index (χ1) is 9.44. The largest absolute Gasteiger partial charge is 0.315 e. The molecular weight excluding hydrogens is 292 g/mol. The van der Waals surface area contributed by atoms with E-state index in [0.717, 1.165) is 17.7 Å². The van der Waals surface area contributed by atoms with E-state index in [1.165, 1.54) is 17.8 Å². The third kappa shape index (κ3) is 3.61. The van der Waals surface area contributed by atoms with Crippen LogP contribution in [-0.2, 0) is 16.6 Å². The molecule has 3 atom stereocenters. The number of hydrogen-bond acceptors (Lipinski definition) is 4.